The van der Waals surface area contributed by atoms with Crippen molar-refractivity contribution in [2.75, 3.05) is 36.4 Å². The Bertz CT molecular complexity index is 1180. The molecule has 1 aromatic carbocycles. The Morgan fingerprint density at radius 3 is 2.57 bits per heavy atom. The van der Waals surface area contributed by atoms with Crippen LogP contribution in [-0.4, -0.2) is 58.2 Å². The highest BCUT2D eigenvalue weighted by Gasteiger charge is 2.49. The number of aryl methyl sites for hydroxylation is 1. The quantitative estimate of drug-likeness (QED) is 0.443. The van der Waals surface area contributed by atoms with Gasteiger partial charge in [-0.05, 0) is 89.5 Å². The number of carboxylic acids is 1. The summed E-state index contributed by atoms with van der Waals surface area (Å²) in [5, 5.41) is 14.3. The zero-order valence-corrected chi connectivity index (χ0v) is 23.6. The van der Waals surface area contributed by atoms with Crippen LogP contribution in [0.2, 0.25) is 10.0 Å². The van der Waals surface area contributed by atoms with Crippen LogP contribution in [0.5, 0.6) is 0 Å². The molecule has 0 radical (unpaired) electrons. The minimum absolute atomic E-state index is 0.0301. The van der Waals surface area contributed by atoms with Gasteiger partial charge < -0.3 is 20.2 Å². The van der Waals surface area contributed by atoms with E-state index in [1.165, 1.54) is 12.8 Å². The van der Waals surface area contributed by atoms with E-state index in [0.717, 1.165) is 67.6 Å². The molecule has 200 valence electrons. The number of anilines is 2. The van der Waals surface area contributed by atoms with E-state index in [1.54, 1.807) is 6.07 Å². The molecule has 1 saturated carbocycles. The second-order valence-corrected chi connectivity index (χ2v) is 12.4. The third kappa shape index (κ3) is 5.27. The predicted molar refractivity (Wildman–Crippen MR) is 149 cm³/mol. The third-order valence-corrected chi connectivity index (χ3v) is 9.48. The number of benzene rings is 1. The topological polar surface area (TPSA) is 81.6 Å². The number of halogens is 2. The first-order valence-electron chi connectivity index (χ1n) is 13.3. The second kappa shape index (κ2) is 10.2. The van der Waals surface area contributed by atoms with E-state index >= 15 is 0 Å². The number of nitrogens with one attached hydrogen (secondary N) is 1. The fraction of sp³-hybridized carbons (Fsp3) is 0.607. The summed E-state index contributed by atoms with van der Waals surface area (Å²) in [4.78, 5) is 26.1. The molecule has 2 aliphatic heterocycles. The Morgan fingerprint density at radius 1 is 1.16 bits per heavy atom. The molecule has 2 atom stereocenters. The predicted octanol–water partition coefficient (Wildman–Crippen LogP) is 5.97. The average Bonchev–Trinajstić information content (AvgIpc) is 2.79. The van der Waals surface area contributed by atoms with Crippen LogP contribution in [0.15, 0.2) is 18.2 Å². The summed E-state index contributed by atoms with van der Waals surface area (Å²) in [7, 11) is 0. The van der Waals surface area contributed by atoms with Gasteiger partial charge in [0.05, 0.1) is 11.5 Å². The van der Waals surface area contributed by atoms with Crippen LogP contribution in [0.1, 0.15) is 62.4 Å². The van der Waals surface area contributed by atoms with Gasteiger partial charge >= 0.3 is 5.97 Å². The molecule has 0 spiro atoms. The van der Waals surface area contributed by atoms with Crippen molar-refractivity contribution in [2.24, 2.45) is 17.3 Å². The monoisotopic (exact) mass is 545 g/mol. The van der Waals surface area contributed by atoms with Crippen molar-refractivity contribution in [1.82, 2.24) is 14.9 Å². The van der Waals surface area contributed by atoms with Crippen molar-refractivity contribution < 1.29 is 9.90 Å². The van der Waals surface area contributed by atoms with Gasteiger partial charge in [-0.15, -0.1) is 0 Å². The highest BCUT2D eigenvalue weighted by molar-refractivity contribution is 6.35. The van der Waals surface area contributed by atoms with Crippen LogP contribution in [0.25, 0.3) is 0 Å². The van der Waals surface area contributed by atoms with Crippen LogP contribution in [-0.2, 0) is 4.79 Å². The van der Waals surface area contributed by atoms with E-state index < -0.39 is 11.4 Å². The lowest BCUT2D eigenvalue weighted by atomic mass is 9.65. The Kier molecular flexibility index (Phi) is 7.33. The largest absolute Gasteiger partial charge is 0.481 e. The molecular weight excluding hydrogens is 509 g/mol. The number of rotatable bonds is 7. The third-order valence-electron chi connectivity index (χ3n) is 8.91. The van der Waals surface area contributed by atoms with Crippen LogP contribution in [0.3, 0.4) is 0 Å². The zero-order chi connectivity index (χ0) is 26.5. The maximum Gasteiger partial charge on any atom is 0.309 e. The smallest absolute Gasteiger partial charge is 0.309 e. The molecule has 3 aliphatic rings. The van der Waals surface area contributed by atoms with E-state index in [1.807, 2.05) is 32.9 Å². The minimum atomic E-state index is -0.653. The number of aliphatic carboxylic acids is 1. The molecule has 2 aromatic rings. The van der Waals surface area contributed by atoms with Crippen molar-refractivity contribution >= 4 is 40.9 Å². The summed E-state index contributed by atoms with van der Waals surface area (Å²) < 4.78 is 0. The molecule has 0 bridgehead atoms. The van der Waals surface area contributed by atoms with Crippen molar-refractivity contribution in [3.8, 4) is 0 Å². The molecule has 37 heavy (non-hydrogen) atoms. The van der Waals surface area contributed by atoms with Crippen molar-refractivity contribution in [3.05, 3.63) is 45.1 Å². The van der Waals surface area contributed by atoms with E-state index in [9.17, 15) is 9.90 Å². The molecule has 3 fully saturated rings. The molecule has 9 heteroatoms. The Balaban J connectivity index is 1.20. The number of aromatic nitrogens is 2. The number of hydrogen-bond donors (Lipinski definition) is 2. The molecular formula is C28H37Cl2N5O2. The Labute approximate surface area is 229 Å². The summed E-state index contributed by atoms with van der Waals surface area (Å²) in [5.41, 5.74) is 2.45. The number of carbonyl (C=O) groups is 1. The molecule has 0 unspecified atom stereocenters. The number of hydrogen-bond acceptors (Lipinski definition) is 6. The van der Waals surface area contributed by atoms with Crippen molar-refractivity contribution in [2.45, 2.75) is 65.5 Å². The van der Waals surface area contributed by atoms with E-state index in [0.29, 0.717) is 27.9 Å². The molecule has 3 heterocycles. The second-order valence-electron chi connectivity index (χ2n) is 11.6. The van der Waals surface area contributed by atoms with Gasteiger partial charge in [-0.3, -0.25) is 4.79 Å². The number of piperidine rings is 1. The van der Waals surface area contributed by atoms with Crippen molar-refractivity contribution in [1.29, 1.82) is 0 Å². The van der Waals surface area contributed by atoms with Gasteiger partial charge in [0.15, 0.2) is 0 Å². The van der Waals surface area contributed by atoms with Gasteiger partial charge in [-0.25, -0.2) is 4.98 Å². The molecule has 2 N–H and O–H groups in total. The lowest BCUT2D eigenvalue weighted by molar-refractivity contribution is -0.158. The van der Waals surface area contributed by atoms with Crippen LogP contribution < -0.4 is 10.2 Å². The Morgan fingerprint density at radius 2 is 1.89 bits per heavy atom. The number of nitrogens with zero attached hydrogens (tertiary/aromatic N) is 4. The molecule has 1 aliphatic carbocycles. The molecule has 1 aromatic heterocycles. The Hall–Kier alpha value is -2.09. The zero-order valence-electron chi connectivity index (χ0n) is 22.1. The molecule has 0 amide bonds. The highest BCUT2D eigenvalue weighted by Crippen LogP contribution is 2.45. The lowest BCUT2D eigenvalue weighted by Gasteiger charge is -2.52. The summed E-state index contributed by atoms with van der Waals surface area (Å²) in [5.74, 6) is 2.24. The molecule has 2 saturated heterocycles. The maximum absolute atomic E-state index is 11.5. The fourth-order valence-electron chi connectivity index (χ4n) is 6.18. The van der Waals surface area contributed by atoms with Gasteiger partial charge in [0.1, 0.15) is 5.82 Å². The van der Waals surface area contributed by atoms with Gasteiger partial charge in [0.25, 0.3) is 0 Å². The van der Waals surface area contributed by atoms with Crippen molar-refractivity contribution in [3.63, 3.8) is 0 Å². The summed E-state index contributed by atoms with van der Waals surface area (Å²) in [6, 6.07) is 5.96. The lowest BCUT2D eigenvalue weighted by Crippen LogP contribution is -2.58. The van der Waals surface area contributed by atoms with Gasteiger partial charge in [0.2, 0.25) is 5.95 Å². The van der Waals surface area contributed by atoms with E-state index in [4.69, 9.17) is 33.2 Å². The molecule has 7 nitrogen and oxygen atoms in total. The van der Waals surface area contributed by atoms with Gasteiger partial charge in [-0.2, -0.15) is 4.98 Å². The van der Waals surface area contributed by atoms with Gasteiger partial charge in [-0.1, -0.05) is 29.3 Å². The van der Waals surface area contributed by atoms with Gasteiger partial charge in [0, 0.05) is 47.0 Å². The average molecular weight is 547 g/mol. The normalized spacial score (nSPS) is 27.4. The standard InChI is InChI=1S/C28H37Cl2N5O2/c1-16-17(2)32-27(33-25(16)31-18(3)23-8-7-21(29)10-24(23)30)35-14-20(15-35)19-6-5-9-34(13-19)22-11-28(4,12-22)26(36)37/h7-8,10,18-20,22H,5-6,9,11-15H2,1-4H3,(H,36,37)(H,31,32,33)/t18-,19+,22?,28?/m1/s1. The first-order valence-corrected chi connectivity index (χ1v) is 14.1. The fourth-order valence-corrected chi connectivity index (χ4v) is 6.75. The number of carboxylic acid groups (broad SMARTS) is 1. The molecule has 5 rings (SSSR count). The number of likely N-dealkylation sites (tertiary alicyclic amines) is 1. The summed E-state index contributed by atoms with van der Waals surface area (Å²) >= 11 is 12.5. The first kappa shape index (κ1) is 26.5. The minimum Gasteiger partial charge on any atom is -0.481 e. The van der Waals surface area contributed by atoms with Crippen LogP contribution in [0.4, 0.5) is 11.8 Å². The maximum atomic E-state index is 11.5. The highest BCUT2D eigenvalue weighted by atomic mass is 35.5. The SMILES string of the molecule is Cc1nc(N2CC([C@H]3CCCN(C4CC(C)(C(=O)O)C4)C3)C2)nc(N[C@H](C)c2ccc(Cl)cc2Cl)c1C. The summed E-state index contributed by atoms with van der Waals surface area (Å²) in [6.07, 6.45) is 3.99. The first-order chi connectivity index (χ1) is 17.5. The summed E-state index contributed by atoms with van der Waals surface area (Å²) in [6.45, 7) is 12.1. The van der Waals surface area contributed by atoms with Crippen LogP contribution in [0, 0.1) is 31.1 Å². The van der Waals surface area contributed by atoms with E-state index in [-0.39, 0.29) is 6.04 Å². The van der Waals surface area contributed by atoms with E-state index in [2.05, 4.69) is 22.0 Å². The van der Waals surface area contributed by atoms with Crippen LogP contribution >= 0.6 is 23.2 Å².